The van der Waals surface area contributed by atoms with Crippen LogP contribution >= 0.6 is 0 Å². The van der Waals surface area contributed by atoms with Gasteiger partial charge in [0.15, 0.2) is 12.4 Å². The molecule has 102 valence electrons. The summed E-state index contributed by atoms with van der Waals surface area (Å²) in [7, 11) is 0. The third-order valence-corrected chi connectivity index (χ3v) is 2.77. The zero-order chi connectivity index (χ0) is 14.5. The molecule has 4 nitrogen and oxygen atoms in total. The second-order valence-corrected chi connectivity index (χ2v) is 4.41. The maximum absolute atomic E-state index is 12.3. The maximum Gasteiger partial charge on any atom is 0.341 e. The van der Waals surface area contributed by atoms with E-state index < -0.39 is 12.6 Å². The summed E-state index contributed by atoms with van der Waals surface area (Å²) in [5.41, 5.74) is 2.14. The summed E-state index contributed by atoms with van der Waals surface area (Å²) < 4.78 is 5.06. The molecule has 0 aliphatic heterocycles. The second kappa shape index (κ2) is 6.02. The smallest absolute Gasteiger partial charge is 0.341 e. The van der Waals surface area contributed by atoms with E-state index in [-0.39, 0.29) is 5.78 Å². The van der Waals surface area contributed by atoms with Crippen LogP contribution in [0.2, 0.25) is 0 Å². The summed E-state index contributed by atoms with van der Waals surface area (Å²) in [6.07, 6.45) is 0. The number of ether oxygens (including phenoxy) is 1. The number of hydrogen-bond acceptors (Lipinski definition) is 3. The number of carboxylic acid groups (broad SMARTS) is 1. The van der Waals surface area contributed by atoms with Crippen molar-refractivity contribution >= 4 is 11.8 Å². The Balaban J connectivity index is 2.19. The normalized spacial score (nSPS) is 10.1. The highest BCUT2D eigenvalue weighted by Crippen LogP contribution is 2.17. The third kappa shape index (κ3) is 3.45. The number of benzene rings is 2. The number of carbonyl (C=O) groups excluding carboxylic acids is 1. The molecule has 0 aromatic heterocycles. The fourth-order valence-electron chi connectivity index (χ4n) is 1.74. The molecule has 4 heteroatoms. The van der Waals surface area contributed by atoms with Crippen LogP contribution in [0.1, 0.15) is 21.5 Å². The van der Waals surface area contributed by atoms with Gasteiger partial charge in [0, 0.05) is 11.1 Å². The molecular formula is C16H14O4. The standard InChI is InChI=1S/C16H14O4/c1-11-5-7-12(8-6-11)16(19)13-3-2-4-14(9-13)20-10-15(17)18/h2-9H,10H2,1H3,(H,17,18). The quantitative estimate of drug-likeness (QED) is 0.848. The predicted molar refractivity (Wildman–Crippen MR) is 74.2 cm³/mol. The summed E-state index contributed by atoms with van der Waals surface area (Å²) >= 11 is 0. The van der Waals surface area contributed by atoms with Crippen molar-refractivity contribution in [3.63, 3.8) is 0 Å². The molecule has 0 bridgehead atoms. The summed E-state index contributed by atoms with van der Waals surface area (Å²) in [5, 5.41) is 8.57. The summed E-state index contributed by atoms with van der Waals surface area (Å²) in [5.74, 6) is -0.809. The minimum atomic E-state index is -1.06. The topological polar surface area (TPSA) is 63.6 Å². The van der Waals surface area contributed by atoms with Gasteiger partial charge in [-0.15, -0.1) is 0 Å². The Hall–Kier alpha value is -2.62. The molecule has 0 saturated heterocycles. The lowest BCUT2D eigenvalue weighted by molar-refractivity contribution is -0.139. The van der Waals surface area contributed by atoms with Gasteiger partial charge in [-0.05, 0) is 19.1 Å². The van der Waals surface area contributed by atoms with Crippen LogP contribution in [0.4, 0.5) is 0 Å². The van der Waals surface area contributed by atoms with E-state index >= 15 is 0 Å². The lowest BCUT2D eigenvalue weighted by Crippen LogP contribution is -2.10. The first kappa shape index (κ1) is 13.8. The molecule has 2 rings (SSSR count). The van der Waals surface area contributed by atoms with Crippen molar-refractivity contribution in [1.29, 1.82) is 0 Å². The highest BCUT2D eigenvalue weighted by Gasteiger charge is 2.10. The van der Waals surface area contributed by atoms with Crippen molar-refractivity contribution in [2.45, 2.75) is 6.92 Å². The minimum Gasteiger partial charge on any atom is -0.482 e. The summed E-state index contributed by atoms with van der Waals surface area (Å²) in [6.45, 7) is 1.52. The fraction of sp³-hybridized carbons (Fsp3) is 0.125. The first-order valence-electron chi connectivity index (χ1n) is 6.12. The van der Waals surface area contributed by atoms with Gasteiger partial charge in [-0.25, -0.2) is 4.79 Å². The predicted octanol–water partition coefficient (Wildman–Crippen LogP) is 2.69. The molecule has 20 heavy (non-hydrogen) atoms. The van der Waals surface area contributed by atoms with E-state index in [2.05, 4.69) is 0 Å². The number of hydrogen-bond donors (Lipinski definition) is 1. The van der Waals surface area contributed by atoms with Crippen LogP contribution in [-0.2, 0) is 4.79 Å². The van der Waals surface area contributed by atoms with E-state index in [0.717, 1.165) is 5.56 Å². The lowest BCUT2D eigenvalue weighted by atomic mass is 10.0. The molecule has 1 N–H and O–H groups in total. The van der Waals surface area contributed by atoms with Gasteiger partial charge in [0.2, 0.25) is 0 Å². The highest BCUT2D eigenvalue weighted by molar-refractivity contribution is 6.09. The van der Waals surface area contributed by atoms with E-state index in [4.69, 9.17) is 9.84 Å². The van der Waals surface area contributed by atoms with Crippen molar-refractivity contribution in [2.75, 3.05) is 6.61 Å². The SMILES string of the molecule is Cc1ccc(C(=O)c2cccc(OCC(=O)O)c2)cc1. The van der Waals surface area contributed by atoms with Crippen molar-refractivity contribution in [3.05, 3.63) is 65.2 Å². The molecule has 2 aromatic carbocycles. The Morgan fingerprint density at radius 1 is 1.05 bits per heavy atom. The van der Waals surface area contributed by atoms with E-state index in [1.165, 1.54) is 0 Å². The van der Waals surface area contributed by atoms with Crippen molar-refractivity contribution in [1.82, 2.24) is 0 Å². The van der Waals surface area contributed by atoms with E-state index in [1.54, 1.807) is 36.4 Å². The molecule has 0 atom stereocenters. The van der Waals surface area contributed by atoms with Gasteiger partial charge in [-0.2, -0.15) is 0 Å². The zero-order valence-corrected chi connectivity index (χ0v) is 11.0. The number of aliphatic carboxylic acids is 1. The molecule has 0 spiro atoms. The molecule has 0 saturated carbocycles. The Labute approximate surface area is 116 Å². The van der Waals surface area contributed by atoms with Crippen molar-refractivity contribution < 1.29 is 19.4 Å². The Morgan fingerprint density at radius 2 is 1.75 bits per heavy atom. The van der Waals surface area contributed by atoms with Crippen LogP contribution in [0.3, 0.4) is 0 Å². The molecular weight excluding hydrogens is 256 g/mol. The minimum absolute atomic E-state index is 0.120. The Bertz CT molecular complexity index is 629. The van der Waals surface area contributed by atoms with Crippen LogP contribution in [0.25, 0.3) is 0 Å². The maximum atomic E-state index is 12.3. The molecule has 0 aliphatic rings. The number of ketones is 1. The first-order valence-corrected chi connectivity index (χ1v) is 6.12. The number of carboxylic acids is 1. The van der Waals surface area contributed by atoms with Gasteiger partial charge in [-0.1, -0.05) is 42.0 Å². The van der Waals surface area contributed by atoms with Crippen LogP contribution < -0.4 is 4.74 Å². The van der Waals surface area contributed by atoms with Gasteiger partial charge in [-0.3, -0.25) is 4.79 Å². The highest BCUT2D eigenvalue weighted by atomic mass is 16.5. The van der Waals surface area contributed by atoms with Crippen LogP contribution in [0, 0.1) is 6.92 Å². The zero-order valence-electron chi connectivity index (χ0n) is 11.0. The Kier molecular flexibility index (Phi) is 4.15. The van der Waals surface area contributed by atoms with Crippen molar-refractivity contribution in [3.8, 4) is 5.75 Å². The first-order chi connectivity index (χ1) is 9.56. The average molecular weight is 270 g/mol. The van der Waals surface area contributed by atoms with E-state index in [9.17, 15) is 9.59 Å². The van der Waals surface area contributed by atoms with E-state index in [1.807, 2.05) is 19.1 Å². The van der Waals surface area contributed by atoms with Crippen LogP contribution in [-0.4, -0.2) is 23.5 Å². The van der Waals surface area contributed by atoms with Gasteiger partial charge >= 0.3 is 5.97 Å². The monoisotopic (exact) mass is 270 g/mol. The molecule has 0 radical (unpaired) electrons. The summed E-state index contributed by atoms with van der Waals surface area (Å²) in [4.78, 5) is 22.7. The summed E-state index contributed by atoms with van der Waals surface area (Å²) in [6, 6.07) is 13.8. The van der Waals surface area contributed by atoms with Gasteiger partial charge in [0.05, 0.1) is 0 Å². The molecule has 0 amide bonds. The van der Waals surface area contributed by atoms with Gasteiger partial charge < -0.3 is 9.84 Å². The largest absolute Gasteiger partial charge is 0.482 e. The lowest BCUT2D eigenvalue weighted by Gasteiger charge is -2.06. The van der Waals surface area contributed by atoms with Gasteiger partial charge in [0.1, 0.15) is 5.75 Å². The molecule has 0 unspecified atom stereocenters. The molecule has 0 heterocycles. The number of carbonyl (C=O) groups is 2. The Morgan fingerprint density at radius 3 is 2.40 bits per heavy atom. The third-order valence-electron chi connectivity index (χ3n) is 2.77. The average Bonchev–Trinajstić information content (AvgIpc) is 2.45. The number of aryl methyl sites for hydroxylation is 1. The van der Waals surface area contributed by atoms with Gasteiger partial charge in [0.25, 0.3) is 0 Å². The van der Waals surface area contributed by atoms with Crippen LogP contribution in [0.5, 0.6) is 5.75 Å². The van der Waals surface area contributed by atoms with Crippen LogP contribution in [0.15, 0.2) is 48.5 Å². The molecule has 2 aromatic rings. The fourth-order valence-corrected chi connectivity index (χ4v) is 1.74. The van der Waals surface area contributed by atoms with Crippen molar-refractivity contribution in [2.24, 2.45) is 0 Å². The second-order valence-electron chi connectivity index (χ2n) is 4.41. The van der Waals surface area contributed by atoms with E-state index in [0.29, 0.717) is 16.9 Å². The number of rotatable bonds is 5. The molecule has 0 aliphatic carbocycles. The molecule has 0 fully saturated rings.